The van der Waals surface area contributed by atoms with Crippen LogP contribution in [0.5, 0.6) is 11.5 Å². The molecule has 2 fully saturated rings. The van der Waals surface area contributed by atoms with Crippen molar-refractivity contribution in [3.05, 3.63) is 23.8 Å². The molecule has 0 bridgehead atoms. The van der Waals surface area contributed by atoms with Gasteiger partial charge in [0.05, 0.1) is 26.1 Å². The molecule has 2 amide bonds. The van der Waals surface area contributed by atoms with E-state index < -0.39 is 35.3 Å². The topological polar surface area (TPSA) is 105 Å². The van der Waals surface area contributed by atoms with Gasteiger partial charge in [0, 0.05) is 24.7 Å². The molecule has 28 heavy (non-hydrogen) atoms. The zero-order valence-corrected chi connectivity index (χ0v) is 16.7. The summed E-state index contributed by atoms with van der Waals surface area (Å²) in [6, 6.07) is 3.93. The first-order valence-electron chi connectivity index (χ1n) is 9.22. The number of aromatic hydroxyl groups is 1. The van der Waals surface area contributed by atoms with E-state index in [4.69, 9.17) is 9.47 Å². The Balaban J connectivity index is 2.20. The Bertz CT molecular complexity index is 823. The molecule has 2 heterocycles. The molecule has 2 aliphatic rings. The van der Waals surface area contributed by atoms with Crippen LogP contribution in [0.25, 0.3) is 0 Å². The summed E-state index contributed by atoms with van der Waals surface area (Å²) >= 11 is 0. The predicted molar refractivity (Wildman–Crippen MR) is 99.5 cm³/mol. The second-order valence-corrected chi connectivity index (χ2v) is 7.85. The fraction of sp³-hybridized carbons (Fsp3) is 0.550. The number of nitrogens with one attached hydrogen (secondary N) is 1. The molecule has 4 atom stereocenters. The molecule has 152 valence electrons. The number of phenolic OH excluding ortho intramolecular Hbond substituents is 1. The van der Waals surface area contributed by atoms with Crippen LogP contribution in [0.3, 0.4) is 0 Å². The van der Waals surface area contributed by atoms with Gasteiger partial charge in [-0.1, -0.05) is 19.9 Å². The van der Waals surface area contributed by atoms with Crippen LogP contribution in [-0.4, -0.2) is 54.6 Å². The van der Waals surface area contributed by atoms with Gasteiger partial charge < -0.3 is 14.6 Å². The second-order valence-electron chi connectivity index (χ2n) is 7.85. The monoisotopic (exact) mass is 390 g/mol. The van der Waals surface area contributed by atoms with E-state index in [-0.39, 0.29) is 17.6 Å². The minimum Gasteiger partial charge on any atom is -0.508 e. The van der Waals surface area contributed by atoms with E-state index in [2.05, 4.69) is 5.32 Å². The number of phenols is 1. The zero-order chi connectivity index (χ0) is 20.8. The van der Waals surface area contributed by atoms with Gasteiger partial charge in [-0.2, -0.15) is 0 Å². The molecule has 0 saturated carbocycles. The molecule has 0 aliphatic carbocycles. The van der Waals surface area contributed by atoms with Crippen molar-refractivity contribution in [1.82, 2.24) is 10.2 Å². The number of hydrogen-bond acceptors (Lipinski definition) is 7. The molecule has 0 aromatic heterocycles. The number of rotatable bonds is 5. The number of esters is 1. The first-order chi connectivity index (χ1) is 13.2. The summed E-state index contributed by atoms with van der Waals surface area (Å²) in [5.41, 5.74) is -0.722. The number of hydrogen-bond donors (Lipinski definition) is 2. The van der Waals surface area contributed by atoms with E-state index in [1.807, 2.05) is 13.8 Å². The maximum absolute atomic E-state index is 13.0. The Hall–Kier alpha value is -2.61. The summed E-state index contributed by atoms with van der Waals surface area (Å²) in [5.74, 6) is -2.49. The van der Waals surface area contributed by atoms with Crippen LogP contribution in [-0.2, 0) is 19.1 Å². The molecule has 2 N–H and O–H groups in total. The summed E-state index contributed by atoms with van der Waals surface area (Å²) in [6.07, 6.45) is 0.338. The van der Waals surface area contributed by atoms with E-state index in [1.165, 1.54) is 33.4 Å². The van der Waals surface area contributed by atoms with Crippen molar-refractivity contribution in [2.75, 3.05) is 21.3 Å². The van der Waals surface area contributed by atoms with E-state index in [0.717, 1.165) is 4.90 Å². The van der Waals surface area contributed by atoms with Crippen molar-refractivity contribution < 1.29 is 29.0 Å². The Morgan fingerprint density at radius 2 is 1.96 bits per heavy atom. The highest BCUT2D eigenvalue weighted by Crippen LogP contribution is 2.52. The summed E-state index contributed by atoms with van der Waals surface area (Å²) in [7, 11) is 4.17. The lowest BCUT2D eigenvalue weighted by Gasteiger charge is -2.33. The molecule has 2 saturated heterocycles. The number of imide groups is 1. The van der Waals surface area contributed by atoms with Gasteiger partial charge in [-0.15, -0.1) is 0 Å². The number of carbonyl (C=O) groups is 3. The number of methoxy groups -OCH3 is 2. The van der Waals surface area contributed by atoms with Crippen LogP contribution in [0, 0.1) is 17.8 Å². The SMILES string of the molecule is COC(=O)[C@@]1(CC(C)C)N[C@@H](c2ccc(O)cc2OC)[C@H]2C(=O)N(C)C(=O)[C@H]21. The third-order valence-corrected chi connectivity index (χ3v) is 5.71. The van der Waals surface area contributed by atoms with E-state index in [9.17, 15) is 19.5 Å². The largest absolute Gasteiger partial charge is 0.508 e. The molecule has 0 unspecified atom stereocenters. The van der Waals surface area contributed by atoms with Crippen molar-refractivity contribution in [3.63, 3.8) is 0 Å². The van der Waals surface area contributed by atoms with Crippen LogP contribution in [0.15, 0.2) is 18.2 Å². The van der Waals surface area contributed by atoms with Crippen molar-refractivity contribution in [3.8, 4) is 11.5 Å². The molecule has 0 radical (unpaired) electrons. The van der Waals surface area contributed by atoms with Gasteiger partial charge in [-0.05, 0) is 18.4 Å². The Morgan fingerprint density at radius 3 is 2.54 bits per heavy atom. The van der Waals surface area contributed by atoms with E-state index >= 15 is 0 Å². The number of benzene rings is 1. The van der Waals surface area contributed by atoms with Crippen molar-refractivity contribution in [2.45, 2.75) is 31.8 Å². The molecule has 0 spiro atoms. The number of fused-ring (bicyclic) bond motifs is 1. The fourth-order valence-corrected chi connectivity index (χ4v) is 4.66. The molecule has 3 rings (SSSR count). The lowest BCUT2D eigenvalue weighted by molar-refractivity contribution is -0.154. The van der Waals surface area contributed by atoms with Crippen LogP contribution < -0.4 is 10.1 Å². The van der Waals surface area contributed by atoms with Gasteiger partial charge in [-0.25, -0.2) is 0 Å². The maximum Gasteiger partial charge on any atom is 0.326 e. The lowest BCUT2D eigenvalue weighted by Crippen LogP contribution is -2.56. The summed E-state index contributed by atoms with van der Waals surface area (Å²) < 4.78 is 10.5. The molecule has 1 aromatic rings. The number of nitrogens with zero attached hydrogens (tertiary/aromatic N) is 1. The minimum atomic E-state index is -1.32. The quantitative estimate of drug-likeness (QED) is 0.575. The molecule has 8 heteroatoms. The number of carbonyl (C=O) groups excluding carboxylic acids is 3. The highest BCUT2D eigenvalue weighted by atomic mass is 16.5. The van der Waals surface area contributed by atoms with Crippen molar-refractivity contribution in [2.24, 2.45) is 17.8 Å². The first-order valence-corrected chi connectivity index (χ1v) is 9.22. The lowest BCUT2D eigenvalue weighted by atomic mass is 9.75. The molecule has 1 aromatic carbocycles. The summed E-state index contributed by atoms with van der Waals surface area (Å²) in [6.45, 7) is 3.89. The van der Waals surface area contributed by atoms with E-state index in [1.54, 1.807) is 6.07 Å². The van der Waals surface area contributed by atoms with Crippen LogP contribution in [0.4, 0.5) is 0 Å². The number of ether oxygens (including phenoxy) is 2. The van der Waals surface area contributed by atoms with Crippen LogP contribution >= 0.6 is 0 Å². The van der Waals surface area contributed by atoms with Crippen molar-refractivity contribution >= 4 is 17.8 Å². The number of likely N-dealkylation sites (tertiary alicyclic amines) is 1. The third-order valence-electron chi connectivity index (χ3n) is 5.71. The Kier molecular flexibility index (Phi) is 5.10. The maximum atomic E-state index is 13.0. The predicted octanol–water partition coefficient (Wildman–Crippen LogP) is 1.23. The molecule has 2 aliphatic heterocycles. The average molecular weight is 390 g/mol. The third kappa shape index (κ3) is 2.83. The van der Waals surface area contributed by atoms with Gasteiger partial charge in [0.2, 0.25) is 11.8 Å². The number of amides is 2. The summed E-state index contributed by atoms with van der Waals surface area (Å²) in [4.78, 5) is 40.0. The minimum absolute atomic E-state index is 0.0162. The average Bonchev–Trinajstić information content (AvgIpc) is 3.10. The van der Waals surface area contributed by atoms with Crippen LogP contribution in [0.1, 0.15) is 31.9 Å². The second kappa shape index (κ2) is 7.09. The highest BCUT2D eigenvalue weighted by molar-refractivity contribution is 6.09. The van der Waals surface area contributed by atoms with Gasteiger partial charge in [0.1, 0.15) is 17.0 Å². The Labute approximate surface area is 163 Å². The van der Waals surface area contributed by atoms with Crippen LogP contribution in [0.2, 0.25) is 0 Å². The highest BCUT2D eigenvalue weighted by Gasteiger charge is 2.68. The van der Waals surface area contributed by atoms with Gasteiger partial charge in [-0.3, -0.25) is 24.6 Å². The molecular weight excluding hydrogens is 364 g/mol. The summed E-state index contributed by atoms with van der Waals surface area (Å²) in [5, 5.41) is 13.1. The fourth-order valence-electron chi connectivity index (χ4n) is 4.66. The Morgan fingerprint density at radius 1 is 1.29 bits per heavy atom. The standard InChI is InChI=1S/C20H26N2O6/c1-10(2)9-20(19(26)28-5)15-14(17(24)22(3)18(15)25)16(21-20)12-7-6-11(23)8-13(12)27-4/h6-8,10,14-16,21,23H,9H2,1-5H3/t14-,15-,16-,20-/m0/s1. The smallest absolute Gasteiger partial charge is 0.326 e. The molecule has 8 nitrogen and oxygen atoms in total. The zero-order valence-electron chi connectivity index (χ0n) is 16.7. The normalized spacial score (nSPS) is 29.4. The molecular formula is C20H26N2O6. The van der Waals surface area contributed by atoms with Gasteiger partial charge >= 0.3 is 5.97 Å². The first kappa shape index (κ1) is 20.1. The van der Waals surface area contributed by atoms with E-state index in [0.29, 0.717) is 17.7 Å². The van der Waals surface area contributed by atoms with Crippen molar-refractivity contribution in [1.29, 1.82) is 0 Å². The van der Waals surface area contributed by atoms with Gasteiger partial charge in [0.15, 0.2) is 0 Å². The van der Waals surface area contributed by atoms with Gasteiger partial charge in [0.25, 0.3) is 0 Å².